The lowest BCUT2D eigenvalue weighted by Gasteiger charge is -2.15. The Bertz CT molecular complexity index is 482. The summed E-state index contributed by atoms with van der Waals surface area (Å²) in [7, 11) is 0. The molecule has 2 aromatic rings. The van der Waals surface area contributed by atoms with Gasteiger partial charge in [0.15, 0.2) is 0 Å². The quantitative estimate of drug-likeness (QED) is 0.852. The first-order valence-electron chi connectivity index (χ1n) is 5.66. The third-order valence-electron chi connectivity index (χ3n) is 2.78. The van der Waals surface area contributed by atoms with Crippen LogP contribution in [0, 0.1) is 13.8 Å². The van der Waals surface area contributed by atoms with Crippen molar-refractivity contribution in [1.29, 1.82) is 0 Å². The Morgan fingerprint density at radius 1 is 1.41 bits per heavy atom. The fraction of sp³-hybridized carbons (Fsp3) is 0.385. The largest absolute Gasteiger partial charge is 0.305 e. The van der Waals surface area contributed by atoms with Gasteiger partial charge >= 0.3 is 0 Å². The standard InChI is InChI=1S/C13H16ClNS2/c1-4-15-12(13-10(14)5-6-16-13)11-7-8(2)9(3)17-11/h5-7,12,15H,4H2,1-3H3. The summed E-state index contributed by atoms with van der Waals surface area (Å²) in [6.07, 6.45) is 0. The highest BCUT2D eigenvalue weighted by Gasteiger charge is 2.19. The number of nitrogens with one attached hydrogen (secondary N) is 1. The molecule has 0 amide bonds. The lowest BCUT2D eigenvalue weighted by Crippen LogP contribution is -2.20. The molecule has 0 fully saturated rings. The maximum Gasteiger partial charge on any atom is 0.0780 e. The summed E-state index contributed by atoms with van der Waals surface area (Å²) >= 11 is 9.82. The molecule has 0 saturated carbocycles. The number of hydrogen-bond acceptors (Lipinski definition) is 3. The molecular formula is C13H16ClNS2. The van der Waals surface area contributed by atoms with Gasteiger partial charge < -0.3 is 5.32 Å². The molecule has 0 bridgehead atoms. The summed E-state index contributed by atoms with van der Waals surface area (Å²) in [5.41, 5.74) is 1.36. The van der Waals surface area contributed by atoms with Gasteiger partial charge in [-0.15, -0.1) is 22.7 Å². The van der Waals surface area contributed by atoms with Crippen LogP contribution in [0.2, 0.25) is 5.02 Å². The van der Waals surface area contributed by atoms with E-state index in [0.29, 0.717) is 0 Å². The van der Waals surface area contributed by atoms with E-state index >= 15 is 0 Å². The van der Waals surface area contributed by atoms with Crippen LogP contribution in [0.15, 0.2) is 17.5 Å². The summed E-state index contributed by atoms with van der Waals surface area (Å²) in [4.78, 5) is 3.96. The van der Waals surface area contributed by atoms with Gasteiger partial charge in [-0.3, -0.25) is 0 Å². The maximum atomic E-state index is 6.24. The molecule has 0 radical (unpaired) electrons. The fourth-order valence-electron chi connectivity index (χ4n) is 1.78. The van der Waals surface area contributed by atoms with Crippen LogP contribution in [0.25, 0.3) is 0 Å². The third kappa shape index (κ3) is 2.74. The van der Waals surface area contributed by atoms with E-state index in [9.17, 15) is 0 Å². The molecular weight excluding hydrogens is 270 g/mol. The second-order valence-electron chi connectivity index (χ2n) is 4.01. The minimum atomic E-state index is 0.241. The summed E-state index contributed by atoms with van der Waals surface area (Å²) in [5, 5.41) is 6.44. The molecule has 4 heteroatoms. The number of thiophene rings is 2. The van der Waals surface area contributed by atoms with Gasteiger partial charge in [0.2, 0.25) is 0 Å². The average molecular weight is 286 g/mol. The smallest absolute Gasteiger partial charge is 0.0780 e. The molecule has 0 aliphatic carbocycles. The SMILES string of the molecule is CCNC(c1cc(C)c(C)s1)c1sccc1Cl. The Hall–Kier alpha value is -0.350. The molecule has 1 atom stereocenters. The van der Waals surface area contributed by atoms with Gasteiger partial charge in [0.05, 0.1) is 11.1 Å². The van der Waals surface area contributed by atoms with Crippen LogP contribution in [0.3, 0.4) is 0 Å². The van der Waals surface area contributed by atoms with E-state index < -0.39 is 0 Å². The lowest BCUT2D eigenvalue weighted by molar-refractivity contribution is 0.649. The van der Waals surface area contributed by atoms with Crippen LogP contribution in [-0.2, 0) is 0 Å². The first-order chi connectivity index (χ1) is 8.13. The van der Waals surface area contributed by atoms with Crippen molar-refractivity contribution in [2.24, 2.45) is 0 Å². The van der Waals surface area contributed by atoms with Crippen LogP contribution in [0.4, 0.5) is 0 Å². The molecule has 1 nitrogen and oxygen atoms in total. The normalized spacial score (nSPS) is 12.9. The van der Waals surface area contributed by atoms with Crippen molar-refractivity contribution >= 4 is 34.3 Å². The highest BCUT2D eigenvalue weighted by atomic mass is 35.5. The molecule has 1 N–H and O–H groups in total. The molecule has 2 aromatic heterocycles. The lowest BCUT2D eigenvalue weighted by atomic mass is 10.1. The number of hydrogen-bond donors (Lipinski definition) is 1. The van der Waals surface area contributed by atoms with Gasteiger partial charge in [-0.25, -0.2) is 0 Å². The Balaban J connectivity index is 2.39. The van der Waals surface area contributed by atoms with E-state index in [-0.39, 0.29) is 6.04 Å². The Kier molecular flexibility index (Phi) is 4.26. The van der Waals surface area contributed by atoms with E-state index in [1.165, 1.54) is 20.2 Å². The summed E-state index contributed by atoms with van der Waals surface area (Å²) in [6.45, 7) is 7.40. The molecule has 92 valence electrons. The monoisotopic (exact) mass is 285 g/mol. The van der Waals surface area contributed by atoms with Gasteiger partial charge in [0, 0.05) is 14.6 Å². The molecule has 2 rings (SSSR count). The van der Waals surface area contributed by atoms with Crippen LogP contribution in [-0.4, -0.2) is 6.54 Å². The first kappa shape index (κ1) is 13.1. The zero-order valence-electron chi connectivity index (χ0n) is 10.2. The van der Waals surface area contributed by atoms with E-state index in [1.807, 2.05) is 17.4 Å². The van der Waals surface area contributed by atoms with Crippen molar-refractivity contribution in [2.75, 3.05) is 6.54 Å². The van der Waals surface area contributed by atoms with E-state index in [0.717, 1.165) is 11.6 Å². The summed E-state index contributed by atoms with van der Waals surface area (Å²) in [6, 6.07) is 4.48. The molecule has 0 aromatic carbocycles. The van der Waals surface area contributed by atoms with Crippen LogP contribution >= 0.6 is 34.3 Å². The van der Waals surface area contributed by atoms with Crippen molar-refractivity contribution in [3.05, 3.63) is 42.7 Å². The van der Waals surface area contributed by atoms with Crippen molar-refractivity contribution in [3.8, 4) is 0 Å². The van der Waals surface area contributed by atoms with Gasteiger partial charge in [-0.05, 0) is 43.5 Å². The minimum absolute atomic E-state index is 0.241. The van der Waals surface area contributed by atoms with Gasteiger partial charge in [0.25, 0.3) is 0 Å². The minimum Gasteiger partial charge on any atom is -0.305 e. The van der Waals surface area contributed by atoms with Crippen LogP contribution < -0.4 is 5.32 Å². The van der Waals surface area contributed by atoms with Crippen molar-refractivity contribution in [1.82, 2.24) is 5.32 Å². The highest BCUT2D eigenvalue weighted by molar-refractivity contribution is 7.13. The van der Waals surface area contributed by atoms with Gasteiger partial charge in [0.1, 0.15) is 0 Å². The Labute approximate surface area is 115 Å². The second kappa shape index (κ2) is 5.53. The third-order valence-corrected chi connectivity index (χ3v) is 5.43. The average Bonchev–Trinajstić information content (AvgIpc) is 2.83. The molecule has 0 spiro atoms. The maximum absolute atomic E-state index is 6.24. The van der Waals surface area contributed by atoms with E-state index in [2.05, 4.69) is 37.5 Å². The first-order valence-corrected chi connectivity index (χ1v) is 7.74. The molecule has 1 unspecified atom stereocenters. The summed E-state index contributed by atoms with van der Waals surface area (Å²) < 4.78 is 0. The fourth-order valence-corrected chi connectivity index (χ4v) is 4.24. The summed E-state index contributed by atoms with van der Waals surface area (Å²) in [5.74, 6) is 0. The van der Waals surface area contributed by atoms with Crippen molar-refractivity contribution in [2.45, 2.75) is 26.8 Å². The molecule has 0 aliphatic rings. The van der Waals surface area contributed by atoms with E-state index in [1.54, 1.807) is 11.3 Å². The molecule has 0 saturated heterocycles. The zero-order valence-corrected chi connectivity index (χ0v) is 12.6. The predicted molar refractivity (Wildman–Crippen MR) is 78.6 cm³/mol. The molecule has 0 aliphatic heterocycles. The van der Waals surface area contributed by atoms with Crippen molar-refractivity contribution in [3.63, 3.8) is 0 Å². The number of aryl methyl sites for hydroxylation is 2. The van der Waals surface area contributed by atoms with E-state index in [4.69, 9.17) is 11.6 Å². The molecule has 17 heavy (non-hydrogen) atoms. The Morgan fingerprint density at radius 2 is 2.18 bits per heavy atom. The number of halogens is 1. The number of rotatable bonds is 4. The van der Waals surface area contributed by atoms with Crippen molar-refractivity contribution < 1.29 is 0 Å². The van der Waals surface area contributed by atoms with Crippen LogP contribution in [0.5, 0.6) is 0 Å². The topological polar surface area (TPSA) is 12.0 Å². The second-order valence-corrected chi connectivity index (χ2v) is 6.65. The van der Waals surface area contributed by atoms with Gasteiger partial charge in [-0.2, -0.15) is 0 Å². The predicted octanol–water partition coefficient (Wildman–Crippen LogP) is 4.78. The zero-order chi connectivity index (χ0) is 12.4. The highest BCUT2D eigenvalue weighted by Crippen LogP contribution is 2.36. The Morgan fingerprint density at radius 3 is 2.65 bits per heavy atom. The van der Waals surface area contributed by atoms with Crippen LogP contribution in [0.1, 0.15) is 33.2 Å². The van der Waals surface area contributed by atoms with Gasteiger partial charge in [-0.1, -0.05) is 18.5 Å². The molecule has 2 heterocycles.